The highest BCUT2D eigenvalue weighted by Gasteiger charge is 2.04. The van der Waals surface area contributed by atoms with E-state index in [-0.39, 0.29) is 6.10 Å². The van der Waals surface area contributed by atoms with E-state index in [1.807, 2.05) is 0 Å². The van der Waals surface area contributed by atoms with Gasteiger partial charge in [0.25, 0.3) is 0 Å². The minimum Gasteiger partial charge on any atom is -0.392 e. The highest BCUT2D eigenvalue weighted by atomic mass is 32.2. The number of aliphatic hydroxyl groups is 1. The second-order valence-electron chi connectivity index (χ2n) is 4.63. The maximum absolute atomic E-state index is 9.84. The van der Waals surface area contributed by atoms with Gasteiger partial charge in [0.15, 0.2) is 0 Å². The van der Waals surface area contributed by atoms with Crippen molar-refractivity contribution in [2.45, 2.75) is 57.0 Å². The van der Waals surface area contributed by atoms with E-state index in [9.17, 15) is 5.11 Å². The van der Waals surface area contributed by atoms with Gasteiger partial charge in [-0.25, -0.2) is 0 Å². The van der Waals surface area contributed by atoms with E-state index in [0.717, 1.165) is 18.6 Å². The van der Waals surface area contributed by atoms with Crippen LogP contribution in [0.2, 0.25) is 0 Å². The Bertz CT molecular complexity index is 294. The molecule has 1 N–H and O–H groups in total. The second kappa shape index (κ2) is 8.60. The largest absolute Gasteiger partial charge is 0.392 e. The predicted octanol–water partition coefficient (Wildman–Crippen LogP) is 4.42. The van der Waals surface area contributed by atoms with Crippen LogP contribution < -0.4 is 0 Å². The molecule has 17 heavy (non-hydrogen) atoms. The molecule has 2 heteroatoms. The summed E-state index contributed by atoms with van der Waals surface area (Å²) in [6.45, 7) is 4.31. The van der Waals surface area contributed by atoms with E-state index in [1.165, 1.54) is 29.7 Å². The molecule has 0 heterocycles. The van der Waals surface area contributed by atoms with Crippen LogP contribution in [0.4, 0.5) is 0 Å². The molecule has 0 unspecified atom stereocenters. The number of aryl methyl sites for hydroxylation is 1. The van der Waals surface area contributed by atoms with Crippen molar-refractivity contribution in [1.82, 2.24) is 0 Å². The minimum atomic E-state index is -0.154. The summed E-state index contributed by atoms with van der Waals surface area (Å²) in [5.74, 6) is 0.815. The lowest BCUT2D eigenvalue weighted by Gasteiger charge is -2.10. The first-order valence-corrected chi connectivity index (χ1v) is 7.58. The molecule has 0 aliphatic heterocycles. The summed E-state index contributed by atoms with van der Waals surface area (Å²) >= 11 is 1.75. The Balaban J connectivity index is 2.14. The summed E-state index contributed by atoms with van der Waals surface area (Å²) < 4.78 is 0. The number of benzene rings is 1. The van der Waals surface area contributed by atoms with Gasteiger partial charge in [0.05, 0.1) is 6.10 Å². The van der Waals surface area contributed by atoms with Gasteiger partial charge in [-0.15, -0.1) is 11.8 Å². The number of thioether (sulfide) groups is 1. The van der Waals surface area contributed by atoms with Crippen molar-refractivity contribution in [2.75, 3.05) is 5.75 Å². The molecule has 0 spiro atoms. The van der Waals surface area contributed by atoms with Gasteiger partial charge in [-0.1, -0.05) is 50.3 Å². The first-order valence-electron chi connectivity index (χ1n) is 6.60. The molecule has 0 bridgehead atoms. The lowest BCUT2D eigenvalue weighted by atomic mass is 10.1. The molecule has 0 aliphatic rings. The summed E-state index contributed by atoms with van der Waals surface area (Å²) in [6, 6.07) is 8.50. The van der Waals surface area contributed by atoms with Gasteiger partial charge in [-0.3, -0.25) is 0 Å². The summed E-state index contributed by atoms with van der Waals surface area (Å²) in [4.78, 5) is 1.25. The van der Waals surface area contributed by atoms with E-state index in [2.05, 4.69) is 38.1 Å². The molecule has 0 fully saturated rings. The van der Waals surface area contributed by atoms with Gasteiger partial charge < -0.3 is 5.11 Å². The molecular weight excluding hydrogens is 228 g/mol. The highest BCUT2D eigenvalue weighted by Crippen LogP contribution is 2.20. The number of hydrogen-bond acceptors (Lipinski definition) is 2. The standard InChI is InChI=1S/C15H24OS/c1-3-4-5-6-7-14(16)12-17-15-10-8-13(2)9-11-15/h8-11,14,16H,3-7,12H2,1-2H3/t14-/m1/s1. The summed E-state index contributed by atoms with van der Waals surface area (Å²) in [5, 5.41) is 9.84. The van der Waals surface area contributed by atoms with Crippen molar-refractivity contribution in [3.8, 4) is 0 Å². The van der Waals surface area contributed by atoms with Gasteiger partial charge in [0.2, 0.25) is 0 Å². The Morgan fingerprint density at radius 2 is 1.82 bits per heavy atom. The van der Waals surface area contributed by atoms with Crippen molar-refractivity contribution in [2.24, 2.45) is 0 Å². The third kappa shape index (κ3) is 6.75. The van der Waals surface area contributed by atoms with Crippen LogP contribution >= 0.6 is 11.8 Å². The second-order valence-corrected chi connectivity index (χ2v) is 5.72. The zero-order valence-corrected chi connectivity index (χ0v) is 11.8. The normalized spacial score (nSPS) is 12.6. The molecule has 0 aromatic heterocycles. The zero-order valence-electron chi connectivity index (χ0n) is 11.0. The minimum absolute atomic E-state index is 0.154. The Kier molecular flexibility index (Phi) is 7.38. The van der Waals surface area contributed by atoms with Crippen LogP contribution in [0, 0.1) is 6.92 Å². The first-order chi connectivity index (χ1) is 8.22. The van der Waals surface area contributed by atoms with Gasteiger partial charge in [-0.2, -0.15) is 0 Å². The Morgan fingerprint density at radius 1 is 1.12 bits per heavy atom. The van der Waals surface area contributed by atoms with Gasteiger partial charge in [-0.05, 0) is 25.5 Å². The molecule has 1 aromatic rings. The van der Waals surface area contributed by atoms with Crippen LogP contribution in [0.25, 0.3) is 0 Å². The Hall–Kier alpha value is -0.470. The SMILES string of the molecule is CCCCCC[C@@H](O)CSc1ccc(C)cc1. The van der Waals surface area contributed by atoms with E-state index in [1.54, 1.807) is 11.8 Å². The van der Waals surface area contributed by atoms with Gasteiger partial charge >= 0.3 is 0 Å². The molecule has 0 radical (unpaired) electrons. The Morgan fingerprint density at radius 3 is 2.47 bits per heavy atom. The van der Waals surface area contributed by atoms with E-state index >= 15 is 0 Å². The maximum Gasteiger partial charge on any atom is 0.0634 e. The maximum atomic E-state index is 9.84. The van der Waals surface area contributed by atoms with Crippen LogP contribution in [0.15, 0.2) is 29.2 Å². The molecule has 1 rings (SSSR count). The van der Waals surface area contributed by atoms with Crippen molar-refractivity contribution in [1.29, 1.82) is 0 Å². The monoisotopic (exact) mass is 252 g/mol. The topological polar surface area (TPSA) is 20.2 Å². The molecule has 96 valence electrons. The molecule has 0 amide bonds. The Labute approximate surface area is 110 Å². The lowest BCUT2D eigenvalue weighted by molar-refractivity contribution is 0.185. The van der Waals surface area contributed by atoms with Gasteiger partial charge in [0.1, 0.15) is 0 Å². The van der Waals surface area contributed by atoms with Crippen molar-refractivity contribution in [3.63, 3.8) is 0 Å². The van der Waals surface area contributed by atoms with Crippen LogP contribution in [0.3, 0.4) is 0 Å². The van der Waals surface area contributed by atoms with Crippen LogP contribution in [0.1, 0.15) is 44.6 Å². The van der Waals surface area contributed by atoms with Crippen LogP contribution in [0.5, 0.6) is 0 Å². The fraction of sp³-hybridized carbons (Fsp3) is 0.600. The van der Waals surface area contributed by atoms with E-state index < -0.39 is 0 Å². The summed E-state index contributed by atoms with van der Waals surface area (Å²) in [7, 11) is 0. The average molecular weight is 252 g/mol. The smallest absolute Gasteiger partial charge is 0.0634 e. The number of rotatable bonds is 8. The molecule has 0 aliphatic carbocycles. The van der Waals surface area contributed by atoms with Crippen molar-refractivity contribution >= 4 is 11.8 Å². The van der Waals surface area contributed by atoms with E-state index in [4.69, 9.17) is 0 Å². The molecular formula is C15H24OS. The molecule has 0 saturated carbocycles. The number of unbranched alkanes of at least 4 members (excludes halogenated alkanes) is 3. The summed E-state index contributed by atoms with van der Waals surface area (Å²) in [6.07, 6.45) is 5.75. The molecule has 1 aromatic carbocycles. The average Bonchev–Trinajstić information content (AvgIpc) is 2.34. The predicted molar refractivity (Wildman–Crippen MR) is 76.7 cm³/mol. The van der Waals surface area contributed by atoms with E-state index in [0.29, 0.717) is 0 Å². The van der Waals surface area contributed by atoms with Crippen LogP contribution in [-0.4, -0.2) is 17.0 Å². The third-order valence-electron chi connectivity index (χ3n) is 2.85. The quantitative estimate of drug-likeness (QED) is 0.546. The molecule has 1 nitrogen and oxygen atoms in total. The third-order valence-corrected chi connectivity index (χ3v) is 4.01. The fourth-order valence-electron chi connectivity index (χ4n) is 1.72. The van der Waals surface area contributed by atoms with Crippen molar-refractivity contribution < 1.29 is 5.11 Å². The zero-order chi connectivity index (χ0) is 12.5. The highest BCUT2D eigenvalue weighted by molar-refractivity contribution is 7.99. The molecule has 0 saturated heterocycles. The van der Waals surface area contributed by atoms with Crippen LogP contribution in [-0.2, 0) is 0 Å². The van der Waals surface area contributed by atoms with Gasteiger partial charge in [0, 0.05) is 10.6 Å². The molecule has 1 atom stereocenters. The summed E-state index contributed by atoms with van der Waals surface area (Å²) in [5.41, 5.74) is 1.29. The lowest BCUT2D eigenvalue weighted by Crippen LogP contribution is -2.09. The van der Waals surface area contributed by atoms with Crippen molar-refractivity contribution in [3.05, 3.63) is 29.8 Å². The number of hydrogen-bond donors (Lipinski definition) is 1. The number of aliphatic hydroxyl groups excluding tert-OH is 1. The first kappa shape index (κ1) is 14.6. The fourth-order valence-corrected chi connectivity index (χ4v) is 2.60.